The number of halogens is 1. The van der Waals surface area contributed by atoms with Gasteiger partial charge in [0.15, 0.2) is 41.1 Å². The van der Waals surface area contributed by atoms with Crippen LogP contribution in [0.1, 0.15) is 19.4 Å². The first kappa shape index (κ1) is 29.6. The number of fused-ring (bicyclic) bond motifs is 5. The zero-order valence-electron chi connectivity index (χ0n) is 22.4. The van der Waals surface area contributed by atoms with Gasteiger partial charge in [-0.2, -0.15) is 4.98 Å². The van der Waals surface area contributed by atoms with Gasteiger partial charge in [0.2, 0.25) is 5.95 Å². The van der Waals surface area contributed by atoms with Gasteiger partial charge in [0, 0.05) is 10.5 Å². The summed E-state index contributed by atoms with van der Waals surface area (Å²) in [5.41, 5.74) is 11.6. The molecule has 3 aliphatic rings. The Hall–Kier alpha value is -3.10. The first-order chi connectivity index (χ1) is 21.0. The molecule has 0 aromatic carbocycles. The van der Waals surface area contributed by atoms with E-state index in [0.29, 0.717) is 11.2 Å². The van der Waals surface area contributed by atoms with Crippen LogP contribution in [0.4, 0.5) is 16.2 Å². The molecule has 7 heterocycles. The van der Waals surface area contributed by atoms with Gasteiger partial charge in [-0.05, 0) is 11.8 Å². The Morgan fingerprint density at radius 1 is 1.07 bits per heavy atom. The van der Waals surface area contributed by atoms with Crippen molar-refractivity contribution in [3.8, 4) is 0 Å². The van der Waals surface area contributed by atoms with Crippen molar-refractivity contribution >= 4 is 60.9 Å². The molecule has 0 radical (unpaired) electrons. The SMILES string of the molecule is C[C@@H]1[C@@H]2O[P+](=O)OC[C@H]3O[C@@H](n4cnc5c(=O)[nH]c(N)nc54)[C@H](OP(O)(=S)OC[C@H]2O[C@H]1n1cnc2c(N)ncnc21)[C@@H]3F. The second kappa shape index (κ2) is 11.1. The number of aromatic nitrogens is 8. The molecule has 10 atom stereocenters. The van der Waals surface area contributed by atoms with Gasteiger partial charge in [-0.1, -0.05) is 6.92 Å². The predicted octanol–water partition coefficient (Wildman–Crippen LogP) is 0.584. The molecule has 3 fully saturated rings. The number of imidazole rings is 2. The van der Waals surface area contributed by atoms with Crippen molar-refractivity contribution in [3.05, 3.63) is 29.3 Å². The lowest BCUT2D eigenvalue weighted by Crippen LogP contribution is -2.32. The van der Waals surface area contributed by atoms with E-state index >= 15 is 4.39 Å². The monoisotopic (exact) mass is 673 g/mol. The highest BCUT2D eigenvalue weighted by Crippen LogP contribution is 2.52. The molecule has 23 heteroatoms. The fourth-order valence-electron chi connectivity index (χ4n) is 5.47. The molecule has 0 saturated carbocycles. The van der Waals surface area contributed by atoms with E-state index in [1.54, 1.807) is 11.5 Å². The lowest BCUT2D eigenvalue weighted by Gasteiger charge is -2.26. The van der Waals surface area contributed by atoms with Crippen molar-refractivity contribution in [2.24, 2.45) is 5.92 Å². The highest BCUT2D eigenvalue weighted by molar-refractivity contribution is 8.07. The van der Waals surface area contributed by atoms with Crippen LogP contribution in [-0.2, 0) is 43.9 Å². The Morgan fingerprint density at radius 2 is 1.80 bits per heavy atom. The third-order valence-corrected chi connectivity index (χ3v) is 9.84. The molecule has 3 aliphatic heterocycles. The number of hydrogen-bond acceptors (Lipinski definition) is 16. The maximum atomic E-state index is 15.8. The van der Waals surface area contributed by atoms with Gasteiger partial charge >= 0.3 is 15.0 Å². The minimum Gasteiger partial charge on any atom is -0.382 e. The van der Waals surface area contributed by atoms with Crippen LogP contribution >= 0.6 is 15.0 Å². The highest BCUT2D eigenvalue weighted by Gasteiger charge is 2.54. The molecule has 2 bridgehead atoms. The Bertz CT molecular complexity index is 1880. The summed E-state index contributed by atoms with van der Waals surface area (Å²) in [5.74, 6) is -0.542. The molecule has 4 aromatic rings. The molecule has 0 amide bonds. The molecule has 3 saturated heterocycles. The molecule has 0 aliphatic carbocycles. The number of hydrogen-bond donors (Lipinski definition) is 4. The van der Waals surface area contributed by atoms with E-state index in [2.05, 4.69) is 29.9 Å². The average Bonchev–Trinajstić information content (AvgIpc) is 3.72. The summed E-state index contributed by atoms with van der Waals surface area (Å²) >= 11 is 5.25. The Labute approximate surface area is 251 Å². The molecule has 6 N–H and O–H groups in total. The van der Waals surface area contributed by atoms with Crippen molar-refractivity contribution in [1.29, 1.82) is 0 Å². The van der Waals surface area contributed by atoms with Crippen LogP contribution in [0.2, 0.25) is 0 Å². The topological polar surface area (TPSA) is 252 Å². The van der Waals surface area contributed by atoms with Crippen molar-refractivity contribution in [2.75, 3.05) is 24.7 Å². The standard InChI is InChI=1S/C21H23FN10O9P2S/c1-7-13-9(39-19(7)31-5-27-11-15(23)25-4-26-16(11)31)3-37-43(35,44)41-14-10(22)8(2-36-42(34)40-13)38-20(14)32-6-28-12-17(32)29-21(24)30-18(12)33/h4-10,13-14,19-20H,2-3H2,1H3,(H5-,23,24,25,26,29,30,33,35,44)/p+1/t7-,8-,9-,10-,13+,14-,19-,20-,43?/m1/s1. The first-order valence-electron chi connectivity index (χ1n) is 13.0. The molecule has 0 spiro atoms. The fourth-order valence-corrected chi connectivity index (χ4v) is 7.73. The largest absolute Gasteiger partial charge is 0.697 e. The molecule has 44 heavy (non-hydrogen) atoms. The number of nitrogens with zero attached hydrogens (tertiary/aromatic N) is 7. The lowest BCUT2D eigenvalue weighted by molar-refractivity contribution is -0.0579. The molecular formula is C21H24FN10O9P2S+. The summed E-state index contributed by atoms with van der Waals surface area (Å²) < 4.78 is 66.1. The van der Waals surface area contributed by atoms with Gasteiger partial charge in [-0.3, -0.25) is 23.4 Å². The number of nitrogens with one attached hydrogen (secondary N) is 1. The summed E-state index contributed by atoms with van der Waals surface area (Å²) in [6.07, 6.45) is -4.97. The van der Waals surface area contributed by atoms with Gasteiger partial charge in [0.25, 0.3) is 5.56 Å². The van der Waals surface area contributed by atoms with Crippen LogP contribution in [-0.4, -0.2) is 87.7 Å². The summed E-state index contributed by atoms with van der Waals surface area (Å²) in [5, 5.41) is 0. The molecule has 4 aromatic heterocycles. The van der Waals surface area contributed by atoms with Crippen LogP contribution in [0.5, 0.6) is 0 Å². The lowest BCUT2D eigenvalue weighted by atomic mass is 10.0. The molecular weight excluding hydrogens is 649 g/mol. The summed E-state index contributed by atoms with van der Waals surface area (Å²) in [6, 6.07) is 0. The van der Waals surface area contributed by atoms with Crippen LogP contribution in [0, 0.1) is 5.92 Å². The van der Waals surface area contributed by atoms with Crippen LogP contribution < -0.4 is 17.0 Å². The normalized spacial score (nSPS) is 35.8. The third-order valence-electron chi connectivity index (χ3n) is 7.51. The van der Waals surface area contributed by atoms with Crippen molar-refractivity contribution in [2.45, 2.75) is 50.0 Å². The number of rotatable bonds is 2. The van der Waals surface area contributed by atoms with Gasteiger partial charge in [-0.15, -0.1) is 9.05 Å². The molecule has 234 valence electrons. The summed E-state index contributed by atoms with van der Waals surface area (Å²) in [7, 11) is -2.84. The van der Waals surface area contributed by atoms with E-state index in [9.17, 15) is 14.3 Å². The van der Waals surface area contributed by atoms with Crippen molar-refractivity contribution < 1.29 is 41.4 Å². The average molecular weight is 673 g/mol. The van der Waals surface area contributed by atoms with Gasteiger partial charge in [0.05, 0.1) is 19.3 Å². The van der Waals surface area contributed by atoms with Crippen LogP contribution in [0.25, 0.3) is 22.3 Å². The number of ether oxygens (including phenoxy) is 2. The number of nitrogen functional groups attached to an aromatic ring is 2. The Kier molecular flexibility index (Phi) is 7.44. The van der Waals surface area contributed by atoms with Gasteiger partial charge in [-0.25, -0.2) is 24.3 Å². The van der Waals surface area contributed by atoms with Crippen LogP contribution in [0.15, 0.2) is 23.8 Å². The zero-order chi connectivity index (χ0) is 30.9. The zero-order valence-corrected chi connectivity index (χ0v) is 25.0. The minimum absolute atomic E-state index is 0.0393. The van der Waals surface area contributed by atoms with E-state index in [-0.39, 0.29) is 22.9 Å². The second-order valence-corrected chi connectivity index (χ2v) is 13.9. The quantitative estimate of drug-likeness (QED) is 0.212. The van der Waals surface area contributed by atoms with E-state index in [4.69, 9.17) is 50.8 Å². The first-order valence-corrected chi connectivity index (χ1v) is 16.7. The van der Waals surface area contributed by atoms with Crippen molar-refractivity contribution in [3.63, 3.8) is 0 Å². The van der Waals surface area contributed by atoms with E-state index in [1.165, 1.54) is 23.5 Å². The van der Waals surface area contributed by atoms with Crippen molar-refractivity contribution in [1.82, 2.24) is 39.0 Å². The summed E-state index contributed by atoms with van der Waals surface area (Å²) in [6.45, 7) is -3.37. The van der Waals surface area contributed by atoms with E-state index in [1.807, 2.05) is 0 Å². The van der Waals surface area contributed by atoms with Crippen LogP contribution in [0.3, 0.4) is 0 Å². The molecule has 7 rings (SSSR count). The number of aromatic amines is 1. The Balaban J connectivity index is 1.18. The van der Waals surface area contributed by atoms with E-state index in [0.717, 1.165) is 0 Å². The number of H-pyrrole nitrogens is 1. The van der Waals surface area contributed by atoms with Gasteiger partial charge < -0.3 is 30.4 Å². The maximum Gasteiger partial charge on any atom is 0.697 e. The highest BCUT2D eigenvalue weighted by atomic mass is 32.5. The smallest absolute Gasteiger partial charge is 0.382 e. The molecule has 2 unspecified atom stereocenters. The predicted molar refractivity (Wildman–Crippen MR) is 150 cm³/mol. The fraction of sp³-hybridized carbons (Fsp3) is 0.524. The summed E-state index contributed by atoms with van der Waals surface area (Å²) in [4.78, 5) is 46.2. The second-order valence-electron chi connectivity index (χ2n) is 10.2. The number of alkyl halides is 1. The van der Waals surface area contributed by atoms with E-state index < -0.39 is 82.7 Å². The Morgan fingerprint density at radius 3 is 2.59 bits per heavy atom. The number of anilines is 2. The maximum absolute atomic E-state index is 15.8. The molecule has 19 nitrogen and oxygen atoms in total. The third kappa shape index (κ3) is 5.08. The van der Waals surface area contributed by atoms with Gasteiger partial charge in [0.1, 0.15) is 43.0 Å². The minimum atomic E-state index is -4.20. The number of nitrogens with two attached hydrogens (primary N) is 2.